The summed E-state index contributed by atoms with van der Waals surface area (Å²) in [6, 6.07) is 1.91. The van der Waals surface area contributed by atoms with Crippen molar-refractivity contribution in [1.82, 2.24) is 9.55 Å². The molecule has 2 rings (SSSR count). The van der Waals surface area contributed by atoms with E-state index in [1.54, 1.807) is 6.92 Å². The number of aliphatic hydroxyl groups excluding tert-OH is 1. The Bertz CT molecular complexity index is 941. The van der Waals surface area contributed by atoms with Crippen molar-refractivity contribution < 1.29 is 28.0 Å². The number of hydrogen-bond acceptors (Lipinski definition) is 9. The Morgan fingerprint density at radius 2 is 1.94 bits per heavy atom. The minimum absolute atomic E-state index is 0.00694. The fourth-order valence-electron chi connectivity index (χ4n) is 3.47. The summed E-state index contributed by atoms with van der Waals surface area (Å²) in [5, 5.41) is 18.5. The minimum Gasteiger partial charge on any atom is -0.394 e. The highest BCUT2D eigenvalue weighted by Crippen LogP contribution is 2.53. The van der Waals surface area contributed by atoms with Crippen LogP contribution in [0.1, 0.15) is 70.1 Å². The van der Waals surface area contributed by atoms with E-state index in [1.165, 1.54) is 17.2 Å². The van der Waals surface area contributed by atoms with E-state index in [9.17, 15) is 19.3 Å². The van der Waals surface area contributed by atoms with Gasteiger partial charge in [-0.15, -0.1) is 0 Å². The Labute approximate surface area is 193 Å². The van der Waals surface area contributed by atoms with Crippen molar-refractivity contribution in [2.75, 3.05) is 19.8 Å². The van der Waals surface area contributed by atoms with Crippen LogP contribution in [0.4, 0.5) is 0 Å². The van der Waals surface area contributed by atoms with Crippen LogP contribution in [0.25, 0.3) is 0 Å². The van der Waals surface area contributed by atoms with Crippen molar-refractivity contribution in [3.05, 3.63) is 32.6 Å². The molecule has 1 aliphatic rings. The summed E-state index contributed by atoms with van der Waals surface area (Å²) in [4.78, 5) is 26.0. The Kier molecular flexibility index (Phi) is 11.5. The van der Waals surface area contributed by atoms with Crippen molar-refractivity contribution in [3.8, 4) is 6.07 Å². The van der Waals surface area contributed by atoms with E-state index in [2.05, 4.69) is 11.9 Å². The van der Waals surface area contributed by atoms with E-state index in [4.69, 9.17) is 23.6 Å². The fraction of sp³-hybridized carbons (Fsp3) is 0.762. The summed E-state index contributed by atoms with van der Waals surface area (Å²) in [7, 11) is -4.04. The van der Waals surface area contributed by atoms with Crippen LogP contribution >= 0.6 is 7.82 Å². The van der Waals surface area contributed by atoms with Crippen molar-refractivity contribution >= 4 is 7.82 Å². The third kappa shape index (κ3) is 8.49. The van der Waals surface area contributed by atoms with E-state index in [-0.39, 0.29) is 26.1 Å². The van der Waals surface area contributed by atoms with Crippen LogP contribution in [0.3, 0.4) is 0 Å². The minimum atomic E-state index is -4.04. The molecule has 11 nitrogen and oxygen atoms in total. The smallest absolute Gasteiger partial charge is 0.394 e. The zero-order valence-electron chi connectivity index (χ0n) is 19.2. The number of aliphatic hydroxyl groups is 1. The highest BCUT2D eigenvalue weighted by molar-refractivity contribution is 7.48. The number of aromatic amines is 1. The monoisotopic (exact) mass is 487 g/mol. The molecule has 186 valence electrons. The molecular weight excluding hydrogens is 453 g/mol. The Morgan fingerprint density at radius 1 is 1.24 bits per heavy atom. The number of aryl methyl sites for hydroxylation is 1. The summed E-state index contributed by atoms with van der Waals surface area (Å²) in [5.41, 5.74) is -0.851. The van der Waals surface area contributed by atoms with Crippen molar-refractivity contribution in [2.45, 2.75) is 83.6 Å². The molecule has 4 atom stereocenters. The predicted molar refractivity (Wildman–Crippen MR) is 120 cm³/mol. The number of unbranched alkanes of at least 4 members (excludes halogenated alkanes) is 5. The van der Waals surface area contributed by atoms with Gasteiger partial charge in [-0.05, 0) is 13.3 Å². The van der Waals surface area contributed by atoms with Gasteiger partial charge in [-0.3, -0.25) is 27.9 Å². The SMILES string of the molecule is CCCCCCCCOP(=O)(OCCC#N)O[C@H]1C[C@H](n2cc(C)c(=O)[nH]c2=O)O[C@@H]1CO. The first kappa shape index (κ1) is 27.4. The van der Waals surface area contributed by atoms with Gasteiger partial charge in [0.2, 0.25) is 0 Å². The van der Waals surface area contributed by atoms with E-state index in [1.807, 2.05) is 6.07 Å². The number of phosphoric ester groups is 1. The van der Waals surface area contributed by atoms with Crippen LogP contribution in [-0.2, 0) is 22.9 Å². The van der Waals surface area contributed by atoms with Crippen LogP contribution in [0.15, 0.2) is 15.8 Å². The van der Waals surface area contributed by atoms with Crippen LogP contribution in [0, 0.1) is 18.3 Å². The van der Waals surface area contributed by atoms with Crippen LogP contribution in [0.2, 0.25) is 0 Å². The number of phosphoric acid groups is 1. The molecule has 0 saturated carbocycles. The van der Waals surface area contributed by atoms with Crippen molar-refractivity contribution in [3.63, 3.8) is 0 Å². The van der Waals surface area contributed by atoms with Crippen molar-refractivity contribution in [1.29, 1.82) is 5.26 Å². The molecule has 1 unspecified atom stereocenters. The summed E-state index contributed by atoms with van der Waals surface area (Å²) in [6.07, 6.45) is 4.91. The van der Waals surface area contributed by atoms with Crippen molar-refractivity contribution in [2.24, 2.45) is 0 Å². The van der Waals surface area contributed by atoms with Crippen LogP contribution < -0.4 is 11.2 Å². The van der Waals surface area contributed by atoms with E-state index >= 15 is 0 Å². The largest absolute Gasteiger partial charge is 0.475 e. The summed E-state index contributed by atoms with van der Waals surface area (Å²) in [5.74, 6) is 0. The quantitative estimate of drug-likeness (QED) is 0.281. The standard InChI is InChI=1S/C21H34N3O8P/c1-3-4-5-6-7-8-11-29-33(28,30-12-9-10-22)32-17-13-19(31-18(17)15-25)24-14-16(2)20(26)23-21(24)27/h14,17-19,25H,3-9,11-13,15H2,1-2H3,(H,23,26,27)/t17-,18+,19+,33?/m0/s1. The van der Waals surface area contributed by atoms with Gasteiger partial charge >= 0.3 is 13.5 Å². The number of rotatable bonds is 15. The zero-order valence-corrected chi connectivity index (χ0v) is 20.1. The normalized spacial score (nSPS) is 22.2. The third-order valence-corrected chi connectivity index (χ3v) is 6.82. The second-order valence-electron chi connectivity index (χ2n) is 7.96. The highest BCUT2D eigenvalue weighted by atomic mass is 31.2. The van der Waals surface area contributed by atoms with Gasteiger partial charge in [-0.25, -0.2) is 9.36 Å². The van der Waals surface area contributed by atoms with Gasteiger partial charge in [0.15, 0.2) is 0 Å². The Hall–Kier alpha value is -1.80. The lowest BCUT2D eigenvalue weighted by Crippen LogP contribution is -2.33. The van der Waals surface area contributed by atoms with Gasteiger partial charge < -0.3 is 9.84 Å². The summed E-state index contributed by atoms with van der Waals surface area (Å²) >= 11 is 0. The molecule has 2 heterocycles. The van der Waals surface area contributed by atoms with Gasteiger partial charge in [-0.1, -0.05) is 39.0 Å². The van der Waals surface area contributed by atoms with Crippen LogP contribution in [0.5, 0.6) is 0 Å². The lowest BCUT2D eigenvalue weighted by Gasteiger charge is -2.23. The molecule has 1 saturated heterocycles. The molecule has 2 N–H and O–H groups in total. The molecule has 0 amide bonds. The maximum absolute atomic E-state index is 13.2. The molecule has 0 aromatic carbocycles. The molecule has 0 spiro atoms. The molecule has 1 aromatic rings. The average Bonchev–Trinajstić information content (AvgIpc) is 3.18. The van der Waals surface area contributed by atoms with Gasteiger partial charge in [-0.2, -0.15) is 5.26 Å². The van der Waals surface area contributed by atoms with Crippen LogP contribution in [-0.4, -0.2) is 46.7 Å². The van der Waals surface area contributed by atoms with Gasteiger partial charge in [0.05, 0.1) is 32.3 Å². The van der Waals surface area contributed by atoms with E-state index < -0.39 is 44.1 Å². The van der Waals surface area contributed by atoms with Gasteiger partial charge in [0.25, 0.3) is 5.56 Å². The first-order chi connectivity index (χ1) is 15.8. The molecular formula is C21H34N3O8P. The fourth-order valence-corrected chi connectivity index (χ4v) is 4.89. The number of nitriles is 1. The molecule has 1 fully saturated rings. The first-order valence-corrected chi connectivity index (χ1v) is 12.8. The third-order valence-electron chi connectivity index (χ3n) is 5.29. The number of aromatic nitrogens is 2. The second-order valence-corrected chi connectivity index (χ2v) is 9.58. The maximum atomic E-state index is 13.2. The molecule has 1 aliphatic heterocycles. The molecule has 0 bridgehead atoms. The van der Waals surface area contributed by atoms with E-state index in [0.717, 1.165) is 25.7 Å². The van der Waals surface area contributed by atoms with Gasteiger partial charge in [0, 0.05) is 18.2 Å². The topological polar surface area (TPSA) is 153 Å². The Morgan fingerprint density at radius 3 is 2.64 bits per heavy atom. The number of nitrogens with zero attached hydrogens (tertiary/aromatic N) is 2. The number of ether oxygens (including phenoxy) is 1. The molecule has 1 aromatic heterocycles. The zero-order chi connectivity index (χ0) is 24.3. The lowest BCUT2D eigenvalue weighted by molar-refractivity contribution is -0.0477. The highest BCUT2D eigenvalue weighted by Gasteiger charge is 2.42. The average molecular weight is 487 g/mol. The summed E-state index contributed by atoms with van der Waals surface area (Å²) in [6.45, 7) is 3.27. The molecule has 12 heteroatoms. The molecule has 33 heavy (non-hydrogen) atoms. The second kappa shape index (κ2) is 13.8. The first-order valence-electron chi connectivity index (χ1n) is 11.4. The van der Waals surface area contributed by atoms with E-state index in [0.29, 0.717) is 12.0 Å². The lowest BCUT2D eigenvalue weighted by atomic mass is 10.1. The number of nitrogens with one attached hydrogen (secondary N) is 1. The predicted octanol–water partition coefficient (Wildman–Crippen LogP) is 2.93. The van der Waals surface area contributed by atoms with Gasteiger partial charge in [0.1, 0.15) is 18.4 Å². The summed E-state index contributed by atoms with van der Waals surface area (Å²) < 4.78 is 36.6. The molecule has 0 aliphatic carbocycles. The Balaban J connectivity index is 2.04. The number of H-pyrrole nitrogens is 1. The number of hydrogen-bond donors (Lipinski definition) is 2. The molecule has 0 radical (unpaired) electrons. The maximum Gasteiger partial charge on any atom is 0.475 e.